The average molecular weight is 370 g/mol. The number of methoxy groups -OCH3 is 3. The first-order chi connectivity index (χ1) is 12.7. The van der Waals surface area contributed by atoms with Crippen LogP contribution in [0.25, 0.3) is 11.3 Å². The number of ether oxygens (including phenoxy) is 3. The zero-order chi connectivity index (χ0) is 18.5. The Bertz CT molecular complexity index is 875. The lowest BCUT2D eigenvalue weighted by Crippen LogP contribution is -1.94. The Morgan fingerprint density at radius 3 is 2.27 bits per heavy atom. The van der Waals surface area contributed by atoms with Crippen LogP contribution >= 0.6 is 11.3 Å². The molecule has 0 bridgehead atoms. The van der Waals surface area contributed by atoms with Crippen molar-refractivity contribution >= 4 is 22.2 Å². The number of rotatable bonds is 7. The molecule has 3 aromatic rings. The number of nitrogens with one attached hydrogen (secondary N) is 1. The number of thiazole rings is 1. The molecule has 0 aliphatic heterocycles. The molecule has 0 saturated carbocycles. The van der Waals surface area contributed by atoms with Gasteiger partial charge in [-0.1, -0.05) is 6.92 Å². The maximum Gasteiger partial charge on any atom is 0.187 e. The average Bonchev–Trinajstić information content (AvgIpc) is 3.10. The van der Waals surface area contributed by atoms with Crippen molar-refractivity contribution in [1.82, 2.24) is 4.98 Å². The lowest BCUT2D eigenvalue weighted by atomic mass is 10.1. The van der Waals surface area contributed by atoms with Crippen LogP contribution in [0, 0.1) is 0 Å². The summed E-state index contributed by atoms with van der Waals surface area (Å²) in [6.45, 7) is 2.14. The van der Waals surface area contributed by atoms with Gasteiger partial charge < -0.3 is 19.5 Å². The minimum Gasteiger partial charge on any atom is -0.497 e. The topological polar surface area (TPSA) is 52.6 Å². The third kappa shape index (κ3) is 3.75. The van der Waals surface area contributed by atoms with Gasteiger partial charge in [-0.15, -0.1) is 11.3 Å². The van der Waals surface area contributed by atoms with E-state index in [-0.39, 0.29) is 0 Å². The maximum absolute atomic E-state index is 5.36. The number of anilines is 2. The van der Waals surface area contributed by atoms with E-state index in [1.165, 1.54) is 4.88 Å². The summed E-state index contributed by atoms with van der Waals surface area (Å²) in [5.41, 5.74) is 2.99. The summed E-state index contributed by atoms with van der Waals surface area (Å²) in [5.74, 6) is 2.22. The molecule has 5 nitrogen and oxygen atoms in total. The molecule has 0 spiro atoms. The standard InChI is InChI=1S/C20H22N2O3S/c1-5-18-19(13-6-9-15(23-2)10-7-13)22-20(26-18)21-14-8-11-16(24-3)17(12-14)25-4/h6-12H,5H2,1-4H3,(H,21,22). The molecule has 136 valence electrons. The highest BCUT2D eigenvalue weighted by Gasteiger charge is 2.13. The van der Waals surface area contributed by atoms with E-state index in [2.05, 4.69) is 12.2 Å². The van der Waals surface area contributed by atoms with Crippen LogP contribution in [0.5, 0.6) is 17.2 Å². The first-order valence-corrected chi connectivity index (χ1v) is 9.13. The van der Waals surface area contributed by atoms with Crippen molar-refractivity contribution in [2.75, 3.05) is 26.6 Å². The fraction of sp³-hybridized carbons (Fsp3) is 0.250. The zero-order valence-electron chi connectivity index (χ0n) is 15.3. The fourth-order valence-corrected chi connectivity index (χ4v) is 3.60. The SMILES string of the molecule is CCc1sc(Nc2ccc(OC)c(OC)c2)nc1-c1ccc(OC)cc1. The molecule has 0 fully saturated rings. The molecule has 6 heteroatoms. The first-order valence-electron chi connectivity index (χ1n) is 8.31. The molecule has 0 aliphatic rings. The van der Waals surface area contributed by atoms with Crippen LogP contribution in [0.4, 0.5) is 10.8 Å². The Labute approximate surface area is 157 Å². The Morgan fingerprint density at radius 2 is 1.65 bits per heavy atom. The molecule has 0 amide bonds. The third-order valence-corrected chi connectivity index (χ3v) is 5.13. The van der Waals surface area contributed by atoms with Crippen LogP contribution in [0.1, 0.15) is 11.8 Å². The number of hydrogen-bond donors (Lipinski definition) is 1. The van der Waals surface area contributed by atoms with Crippen molar-refractivity contribution < 1.29 is 14.2 Å². The minimum atomic E-state index is 0.681. The molecule has 0 radical (unpaired) electrons. The van der Waals surface area contributed by atoms with Crippen LogP contribution < -0.4 is 19.5 Å². The third-order valence-electron chi connectivity index (χ3n) is 4.02. The van der Waals surface area contributed by atoms with Crippen molar-refractivity contribution in [3.8, 4) is 28.5 Å². The molecule has 0 aliphatic carbocycles. The molecule has 0 atom stereocenters. The number of benzene rings is 2. The van der Waals surface area contributed by atoms with Gasteiger partial charge in [-0.2, -0.15) is 0 Å². The highest BCUT2D eigenvalue weighted by atomic mass is 32.1. The summed E-state index contributed by atoms with van der Waals surface area (Å²) >= 11 is 1.66. The number of aromatic nitrogens is 1. The largest absolute Gasteiger partial charge is 0.497 e. The zero-order valence-corrected chi connectivity index (χ0v) is 16.1. The van der Waals surface area contributed by atoms with Crippen LogP contribution in [0.2, 0.25) is 0 Å². The second-order valence-corrected chi connectivity index (χ2v) is 6.65. The molecule has 1 heterocycles. The van der Waals surface area contributed by atoms with Gasteiger partial charge in [0.1, 0.15) is 5.75 Å². The quantitative estimate of drug-likeness (QED) is 0.624. The highest BCUT2D eigenvalue weighted by molar-refractivity contribution is 7.16. The Balaban J connectivity index is 1.88. The normalized spacial score (nSPS) is 10.5. The number of hydrogen-bond acceptors (Lipinski definition) is 6. The molecule has 1 aromatic heterocycles. The second kappa shape index (κ2) is 8.10. The summed E-state index contributed by atoms with van der Waals surface area (Å²) in [6, 6.07) is 13.7. The number of nitrogens with zero attached hydrogens (tertiary/aromatic N) is 1. The lowest BCUT2D eigenvalue weighted by molar-refractivity contribution is 0.355. The second-order valence-electron chi connectivity index (χ2n) is 5.57. The molecule has 0 saturated heterocycles. The van der Waals surface area contributed by atoms with Gasteiger partial charge in [-0.25, -0.2) is 4.98 Å². The summed E-state index contributed by atoms with van der Waals surface area (Å²) in [4.78, 5) is 6.03. The van der Waals surface area contributed by atoms with E-state index in [1.807, 2.05) is 42.5 Å². The maximum atomic E-state index is 5.36. The smallest absolute Gasteiger partial charge is 0.187 e. The van der Waals surface area contributed by atoms with E-state index in [1.54, 1.807) is 32.7 Å². The van der Waals surface area contributed by atoms with Gasteiger partial charge in [0.2, 0.25) is 0 Å². The molecule has 2 aromatic carbocycles. The summed E-state index contributed by atoms with van der Waals surface area (Å²) in [5, 5.41) is 4.21. The van der Waals surface area contributed by atoms with Crippen LogP contribution in [-0.2, 0) is 6.42 Å². The van der Waals surface area contributed by atoms with Crippen LogP contribution in [0.15, 0.2) is 42.5 Å². The molecular weight excluding hydrogens is 348 g/mol. The van der Waals surface area contributed by atoms with Crippen molar-refractivity contribution in [3.05, 3.63) is 47.3 Å². The Morgan fingerprint density at radius 1 is 0.923 bits per heavy atom. The monoisotopic (exact) mass is 370 g/mol. The predicted octanol–water partition coefficient (Wildman–Crippen LogP) is 5.14. The van der Waals surface area contributed by atoms with E-state index in [0.29, 0.717) is 11.5 Å². The number of aryl methyl sites for hydroxylation is 1. The van der Waals surface area contributed by atoms with Gasteiger partial charge >= 0.3 is 0 Å². The summed E-state index contributed by atoms with van der Waals surface area (Å²) < 4.78 is 15.9. The van der Waals surface area contributed by atoms with Gasteiger partial charge in [-0.05, 0) is 42.8 Å². The summed E-state index contributed by atoms with van der Waals surface area (Å²) in [6.07, 6.45) is 0.923. The van der Waals surface area contributed by atoms with Crippen LogP contribution in [-0.4, -0.2) is 26.3 Å². The Kier molecular flexibility index (Phi) is 5.63. The molecule has 26 heavy (non-hydrogen) atoms. The van der Waals surface area contributed by atoms with Crippen molar-refractivity contribution in [1.29, 1.82) is 0 Å². The van der Waals surface area contributed by atoms with E-state index < -0.39 is 0 Å². The molecular formula is C20H22N2O3S. The summed E-state index contributed by atoms with van der Waals surface area (Å²) in [7, 11) is 4.92. The molecule has 3 rings (SSSR count). The molecule has 0 unspecified atom stereocenters. The first kappa shape index (κ1) is 18.1. The van der Waals surface area contributed by atoms with Crippen molar-refractivity contribution in [2.24, 2.45) is 0 Å². The van der Waals surface area contributed by atoms with Gasteiger partial charge in [0.05, 0.1) is 27.0 Å². The van der Waals surface area contributed by atoms with Crippen molar-refractivity contribution in [2.45, 2.75) is 13.3 Å². The Hall–Kier alpha value is -2.73. The lowest BCUT2D eigenvalue weighted by Gasteiger charge is -2.09. The van der Waals surface area contributed by atoms with E-state index in [9.17, 15) is 0 Å². The molecule has 1 N–H and O–H groups in total. The van der Waals surface area contributed by atoms with Gasteiger partial charge in [-0.3, -0.25) is 0 Å². The van der Waals surface area contributed by atoms with Crippen LogP contribution in [0.3, 0.4) is 0 Å². The highest BCUT2D eigenvalue weighted by Crippen LogP contribution is 2.36. The predicted molar refractivity (Wildman–Crippen MR) is 106 cm³/mol. The fourth-order valence-electron chi connectivity index (χ4n) is 2.66. The van der Waals surface area contributed by atoms with Gasteiger partial charge in [0, 0.05) is 22.2 Å². The minimum absolute atomic E-state index is 0.681. The van der Waals surface area contributed by atoms with E-state index >= 15 is 0 Å². The van der Waals surface area contributed by atoms with Gasteiger partial charge in [0.15, 0.2) is 16.6 Å². The van der Waals surface area contributed by atoms with Gasteiger partial charge in [0.25, 0.3) is 0 Å². The van der Waals surface area contributed by atoms with Crippen molar-refractivity contribution in [3.63, 3.8) is 0 Å². The van der Waals surface area contributed by atoms with E-state index in [4.69, 9.17) is 19.2 Å². The van der Waals surface area contributed by atoms with E-state index in [0.717, 1.165) is 34.2 Å².